The minimum absolute atomic E-state index is 0.00212. The van der Waals surface area contributed by atoms with Gasteiger partial charge in [0.05, 0.1) is 6.61 Å². The summed E-state index contributed by atoms with van der Waals surface area (Å²) in [6.45, 7) is 3.60. The first-order valence-electron chi connectivity index (χ1n) is 6.68. The number of carbonyl (C=O) groups is 1. The Bertz CT molecular complexity index is 380. The zero-order chi connectivity index (χ0) is 13.6. The maximum absolute atomic E-state index is 11.9. The molecule has 2 heterocycles. The summed E-state index contributed by atoms with van der Waals surface area (Å²) in [5.74, 6) is -0.00212. The Morgan fingerprint density at radius 1 is 1.53 bits per heavy atom. The van der Waals surface area contributed by atoms with E-state index in [2.05, 4.69) is 15.7 Å². The maximum Gasteiger partial charge on any atom is 0.241 e. The molecule has 0 bridgehead atoms. The van der Waals surface area contributed by atoms with Crippen LogP contribution in [0.15, 0.2) is 18.5 Å². The Morgan fingerprint density at radius 2 is 2.32 bits per heavy atom. The predicted octanol–water partition coefficient (Wildman–Crippen LogP) is 0.0155. The first kappa shape index (κ1) is 14.0. The summed E-state index contributed by atoms with van der Waals surface area (Å²) in [6, 6.07) is 1.81. The summed E-state index contributed by atoms with van der Waals surface area (Å²) in [5.41, 5.74) is 0.0692. The van der Waals surface area contributed by atoms with Gasteiger partial charge in [-0.05, 0) is 32.0 Å². The molecule has 6 nitrogen and oxygen atoms in total. The lowest BCUT2D eigenvalue weighted by Gasteiger charge is -2.37. The Balaban J connectivity index is 1.82. The van der Waals surface area contributed by atoms with E-state index >= 15 is 0 Å². The molecule has 0 radical (unpaired) electrons. The highest BCUT2D eigenvalue weighted by Gasteiger charge is 2.32. The van der Waals surface area contributed by atoms with Crippen molar-refractivity contribution in [2.24, 2.45) is 5.41 Å². The number of rotatable bonds is 6. The molecule has 1 amide bonds. The number of amides is 1. The summed E-state index contributed by atoms with van der Waals surface area (Å²) < 4.78 is 6.95. The van der Waals surface area contributed by atoms with Gasteiger partial charge in [0.15, 0.2) is 0 Å². The van der Waals surface area contributed by atoms with Crippen molar-refractivity contribution in [2.45, 2.75) is 19.4 Å². The first-order valence-corrected chi connectivity index (χ1v) is 6.68. The van der Waals surface area contributed by atoms with E-state index in [1.807, 2.05) is 6.07 Å². The van der Waals surface area contributed by atoms with E-state index in [1.54, 1.807) is 24.2 Å². The van der Waals surface area contributed by atoms with Crippen LogP contribution in [-0.4, -0.2) is 49.0 Å². The zero-order valence-electron chi connectivity index (χ0n) is 11.4. The molecule has 0 spiro atoms. The van der Waals surface area contributed by atoms with Crippen LogP contribution in [0.25, 0.3) is 0 Å². The number of hydrogen-bond acceptors (Lipinski definition) is 4. The molecule has 0 atom stereocenters. The standard InChI is InChI=1S/C13H22N4O2/c1-19-11-13(3-6-14-7-4-13)10-15-12(18)9-17-8-2-5-16-17/h2,5,8,14H,3-4,6-7,9-11H2,1H3,(H,15,18). The minimum Gasteiger partial charge on any atom is -0.384 e. The van der Waals surface area contributed by atoms with E-state index in [1.165, 1.54) is 0 Å². The minimum atomic E-state index is -0.00212. The molecule has 0 unspecified atom stereocenters. The predicted molar refractivity (Wildman–Crippen MR) is 71.6 cm³/mol. The summed E-state index contributed by atoms with van der Waals surface area (Å²) in [4.78, 5) is 11.9. The molecule has 1 aliphatic rings. The summed E-state index contributed by atoms with van der Waals surface area (Å²) >= 11 is 0. The third kappa shape index (κ3) is 4.04. The molecule has 6 heteroatoms. The van der Waals surface area contributed by atoms with E-state index in [4.69, 9.17) is 4.74 Å². The third-order valence-electron chi connectivity index (χ3n) is 3.64. The van der Waals surface area contributed by atoms with Crippen LogP contribution in [0.3, 0.4) is 0 Å². The lowest BCUT2D eigenvalue weighted by molar-refractivity contribution is -0.122. The van der Waals surface area contributed by atoms with Crippen LogP contribution in [-0.2, 0) is 16.1 Å². The van der Waals surface area contributed by atoms with E-state index < -0.39 is 0 Å². The number of piperidine rings is 1. The van der Waals surface area contributed by atoms with Crippen LogP contribution in [0.5, 0.6) is 0 Å². The average Bonchev–Trinajstić information content (AvgIpc) is 2.91. The lowest BCUT2D eigenvalue weighted by atomic mass is 9.79. The number of carbonyl (C=O) groups excluding carboxylic acids is 1. The maximum atomic E-state index is 11.9. The van der Waals surface area contributed by atoms with Gasteiger partial charge in [0, 0.05) is 31.5 Å². The molecule has 1 fully saturated rings. The van der Waals surface area contributed by atoms with Gasteiger partial charge in [-0.15, -0.1) is 0 Å². The van der Waals surface area contributed by atoms with Crippen molar-refractivity contribution in [3.05, 3.63) is 18.5 Å². The first-order chi connectivity index (χ1) is 9.24. The van der Waals surface area contributed by atoms with Crippen LogP contribution < -0.4 is 10.6 Å². The molecule has 1 aromatic rings. The smallest absolute Gasteiger partial charge is 0.241 e. The number of ether oxygens (including phenoxy) is 1. The van der Waals surface area contributed by atoms with Gasteiger partial charge in [-0.2, -0.15) is 5.10 Å². The summed E-state index contributed by atoms with van der Waals surface area (Å²) in [6.07, 6.45) is 5.52. The van der Waals surface area contributed by atoms with E-state index in [9.17, 15) is 4.79 Å². The average molecular weight is 266 g/mol. The van der Waals surface area contributed by atoms with Gasteiger partial charge in [0.2, 0.25) is 5.91 Å². The van der Waals surface area contributed by atoms with E-state index in [0.29, 0.717) is 13.2 Å². The normalized spacial score (nSPS) is 18.2. The number of aromatic nitrogens is 2. The number of nitrogens with zero attached hydrogens (tertiary/aromatic N) is 2. The molecular weight excluding hydrogens is 244 g/mol. The fourth-order valence-electron chi connectivity index (χ4n) is 2.52. The fourth-order valence-corrected chi connectivity index (χ4v) is 2.52. The second-order valence-electron chi connectivity index (χ2n) is 5.16. The molecule has 0 saturated carbocycles. The molecule has 1 aromatic heterocycles. The summed E-state index contributed by atoms with van der Waals surface area (Å²) in [7, 11) is 1.72. The Labute approximate surface area is 113 Å². The van der Waals surface area contributed by atoms with Crippen molar-refractivity contribution in [2.75, 3.05) is 33.4 Å². The SMILES string of the molecule is COCC1(CNC(=O)Cn2cccn2)CCNCC1. The van der Waals surface area contributed by atoms with Gasteiger partial charge >= 0.3 is 0 Å². The van der Waals surface area contributed by atoms with Crippen LogP contribution in [0.4, 0.5) is 0 Å². The molecule has 1 saturated heterocycles. The van der Waals surface area contributed by atoms with Crippen molar-refractivity contribution in [3.8, 4) is 0 Å². The highest BCUT2D eigenvalue weighted by Crippen LogP contribution is 2.28. The number of nitrogens with one attached hydrogen (secondary N) is 2. The van der Waals surface area contributed by atoms with Crippen LogP contribution in [0, 0.1) is 5.41 Å². The molecule has 1 aliphatic heterocycles. The zero-order valence-corrected chi connectivity index (χ0v) is 11.4. The van der Waals surface area contributed by atoms with Crippen LogP contribution >= 0.6 is 0 Å². The topological polar surface area (TPSA) is 68.2 Å². The highest BCUT2D eigenvalue weighted by molar-refractivity contribution is 5.75. The second kappa shape index (κ2) is 6.68. The summed E-state index contributed by atoms with van der Waals surface area (Å²) in [5, 5.41) is 10.4. The monoisotopic (exact) mass is 266 g/mol. The van der Waals surface area contributed by atoms with Gasteiger partial charge in [-0.3, -0.25) is 9.48 Å². The number of hydrogen-bond donors (Lipinski definition) is 2. The Morgan fingerprint density at radius 3 is 2.95 bits per heavy atom. The van der Waals surface area contributed by atoms with E-state index in [0.717, 1.165) is 25.9 Å². The van der Waals surface area contributed by atoms with Crippen molar-refractivity contribution in [3.63, 3.8) is 0 Å². The van der Waals surface area contributed by atoms with Gasteiger partial charge in [-0.1, -0.05) is 0 Å². The fraction of sp³-hybridized carbons (Fsp3) is 0.692. The molecule has 2 rings (SSSR count). The molecule has 2 N–H and O–H groups in total. The largest absolute Gasteiger partial charge is 0.384 e. The van der Waals surface area contributed by atoms with Gasteiger partial charge in [0.1, 0.15) is 6.54 Å². The quantitative estimate of drug-likeness (QED) is 0.761. The van der Waals surface area contributed by atoms with Crippen molar-refractivity contribution >= 4 is 5.91 Å². The lowest BCUT2D eigenvalue weighted by Crippen LogP contribution is -2.47. The van der Waals surface area contributed by atoms with Gasteiger partial charge in [-0.25, -0.2) is 0 Å². The Kier molecular flexibility index (Phi) is 4.93. The highest BCUT2D eigenvalue weighted by atomic mass is 16.5. The second-order valence-corrected chi connectivity index (χ2v) is 5.16. The Hall–Kier alpha value is -1.40. The van der Waals surface area contributed by atoms with Gasteiger partial charge < -0.3 is 15.4 Å². The van der Waals surface area contributed by atoms with Crippen LogP contribution in [0.1, 0.15) is 12.8 Å². The van der Waals surface area contributed by atoms with Crippen molar-refractivity contribution < 1.29 is 9.53 Å². The van der Waals surface area contributed by atoms with Crippen molar-refractivity contribution in [1.82, 2.24) is 20.4 Å². The molecular formula is C13H22N4O2. The van der Waals surface area contributed by atoms with Crippen LogP contribution in [0.2, 0.25) is 0 Å². The molecule has 19 heavy (non-hydrogen) atoms. The number of methoxy groups -OCH3 is 1. The molecule has 0 aromatic carbocycles. The molecule has 106 valence electrons. The van der Waals surface area contributed by atoms with E-state index in [-0.39, 0.29) is 17.9 Å². The third-order valence-corrected chi connectivity index (χ3v) is 3.64. The van der Waals surface area contributed by atoms with Crippen molar-refractivity contribution in [1.29, 1.82) is 0 Å². The van der Waals surface area contributed by atoms with Gasteiger partial charge in [0.25, 0.3) is 0 Å². The molecule has 0 aliphatic carbocycles.